The van der Waals surface area contributed by atoms with Gasteiger partial charge in [0.05, 0.1) is 0 Å². The second-order valence-electron chi connectivity index (χ2n) is 6.15. The molecule has 1 aliphatic rings. The standard InChI is InChI=1S/C16H21NS/c1-16(2)9-8-12-11-6-4-5-7-14(11)18-15(12)13(10-16)17-3/h4-7,13,17H,8-10H2,1-3H3. The minimum Gasteiger partial charge on any atom is -0.312 e. The molecule has 96 valence electrons. The molecule has 0 aliphatic heterocycles. The lowest BCUT2D eigenvalue weighted by Crippen LogP contribution is -2.22. The van der Waals surface area contributed by atoms with Gasteiger partial charge in [0.25, 0.3) is 0 Å². The van der Waals surface area contributed by atoms with Crippen LogP contribution in [0.5, 0.6) is 0 Å². The Balaban J connectivity index is 2.16. The average Bonchev–Trinajstić information content (AvgIpc) is 2.66. The van der Waals surface area contributed by atoms with Crippen molar-refractivity contribution in [3.8, 4) is 0 Å². The Morgan fingerprint density at radius 2 is 2.06 bits per heavy atom. The second-order valence-corrected chi connectivity index (χ2v) is 7.23. The molecule has 1 aromatic carbocycles. The van der Waals surface area contributed by atoms with Gasteiger partial charge in [-0.25, -0.2) is 0 Å². The van der Waals surface area contributed by atoms with Crippen LogP contribution in [0.2, 0.25) is 0 Å². The number of fused-ring (bicyclic) bond motifs is 3. The van der Waals surface area contributed by atoms with Crippen LogP contribution in [0.1, 0.15) is 43.2 Å². The third kappa shape index (κ3) is 1.98. The van der Waals surface area contributed by atoms with Gasteiger partial charge in [-0.3, -0.25) is 0 Å². The topological polar surface area (TPSA) is 12.0 Å². The normalized spacial score (nSPS) is 22.7. The highest BCUT2D eigenvalue weighted by Crippen LogP contribution is 2.45. The fraction of sp³-hybridized carbons (Fsp3) is 0.500. The fourth-order valence-electron chi connectivity index (χ4n) is 3.10. The average molecular weight is 259 g/mol. The molecule has 0 radical (unpaired) electrons. The molecule has 1 unspecified atom stereocenters. The molecule has 1 aromatic heterocycles. The Labute approximate surface area is 113 Å². The van der Waals surface area contributed by atoms with Gasteiger partial charge in [0.2, 0.25) is 0 Å². The first-order valence-electron chi connectivity index (χ1n) is 6.78. The van der Waals surface area contributed by atoms with Crippen LogP contribution in [0, 0.1) is 5.41 Å². The first-order chi connectivity index (χ1) is 8.61. The third-order valence-electron chi connectivity index (χ3n) is 4.20. The maximum Gasteiger partial charge on any atom is 0.0420 e. The van der Waals surface area contributed by atoms with E-state index in [4.69, 9.17) is 0 Å². The summed E-state index contributed by atoms with van der Waals surface area (Å²) in [6.45, 7) is 4.80. The van der Waals surface area contributed by atoms with Gasteiger partial charge in [0, 0.05) is 15.6 Å². The Bertz CT molecular complexity index is 567. The summed E-state index contributed by atoms with van der Waals surface area (Å²) in [6, 6.07) is 9.38. The van der Waals surface area contributed by atoms with E-state index in [9.17, 15) is 0 Å². The van der Waals surface area contributed by atoms with E-state index >= 15 is 0 Å². The summed E-state index contributed by atoms with van der Waals surface area (Å²) in [4.78, 5) is 1.57. The van der Waals surface area contributed by atoms with Gasteiger partial charge in [-0.05, 0) is 48.7 Å². The lowest BCUT2D eigenvalue weighted by Gasteiger charge is -2.26. The predicted octanol–water partition coefficient (Wildman–Crippen LogP) is 4.52. The molecule has 0 bridgehead atoms. The van der Waals surface area contributed by atoms with Crippen molar-refractivity contribution in [1.82, 2.24) is 5.32 Å². The van der Waals surface area contributed by atoms with E-state index in [0.29, 0.717) is 11.5 Å². The molecule has 0 fully saturated rings. The van der Waals surface area contributed by atoms with Crippen molar-refractivity contribution in [2.24, 2.45) is 5.41 Å². The van der Waals surface area contributed by atoms with E-state index in [1.165, 1.54) is 29.3 Å². The van der Waals surface area contributed by atoms with Gasteiger partial charge in [0.1, 0.15) is 0 Å². The summed E-state index contributed by atoms with van der Waals surface area (Å²) >= 11 is 1.98. The van der Waals surface area contributed by atoms with Crippen molar-refractivity contribution in [2.45, 2.75) is 39.2 Å². The number of nitrogens with one attached hydrogen (secondary N) is 1. The highest BCUT2D eigenvalue weighted by atomic mass is 32.1. The first kappa shape index (κ1) is 12.2. The number of thiophene rings is 1. The molecule has 2 heteroatoms. The summed E-state index contributed by atoms with van der Waals surface area (Å²) in [7, 11) is 2.10. The van der Waals surface area contributed by atoms with Crippen molar-refractivity contribution in [3.63, 3.8) is 0 Å². The van der Waals surface area contributed by atoms with Crippen LogP contribution in [0.4, 0.5) is 0 Å². The van der Waals surface area contributed by atoms with E-state index in [0.717, 1.165) is 0 Å². The summed E-state index contributed by atoms with van der Waals surface area (Å²) in [5.74, 6) is 0. The van der Waals surface area contributed by atoms with E-state index < -0.39 is 0 Å². The number of hydrogen-bond donors (Lipinski definition) is 1. The Hall–Kier alpha value is -0.860. The smallest absolute Gasteiger partial charge is 0.0420 e. The van der Waals surface area contributed by atoms with Gasteiger partial charge in [-0.15, -0.1) is 11.3 Å². The molecule has 1 N–H and O–H groups in total. The molecule has 1 nitrogen and oxygen atoms in total. The summed E-state index contributed by atoms with van der Waals surface area (Å²) < 4.78 is 1.45. The Morgan fingerprint density at radius 3 is 2.83 bits per heavy atom. The second kappa shape index (κ2) is 4.36. The zero-order chi connectivity index (χ0) is 12.8. The molecule has 1 aliphatic carbocycles. The van der Waals surface area contributed by atoms with Gasteiger partial charge < -0.3 is 5.32 Å². The van der Waals surface area contributed by atoms with Crippen molar-refractivity contribution in [3.05, 3.63) is 34.7 Å². The maximum absolute atomic E-state index is 3.53. The molecule has 0 amide bonds. The molecule has 2 aromatic rings. The van der Waals surface area contributed by atoms with E-state index in [1.54, 1.807) is 10.4 Å². The molecule has 0 spiro atoms. The van der Waals surface area contributed by atoms with Crippen molar-refractivity contribution >= 4 is 21.4 Å². The van der Waals surface area contributed by atoms with Crippen LogP contribution in [-0.2, 0) is 6.42 Å². The quantitative estimate of drug-likeness (QED) is 0.742. The van der Waals surface area contributed by atoms with Crippen LogP contribution < -0.4 is 5.32 Å². The largest absolute Gasteiger partial charge is 0.312 e. The van der Waals surface area contributed by atoms with E-state index in [-0.39, 0.29) is 0 Å². The predicted molar refractivity (Wildman–Crippen MR) is 80.3 cm³/mol. The van der Waals surface area contributed by atoms with Crippen LogP contribution in [0.25, 0.3) is 10.1 Å². The van der Waals surface area contributed by atoms with Crippen molar-refractivity contribution in [1.29, 1.82) is 0 Å². The monoisotopic (exact) mass is 259 g/mol. The number of aryl methyl sites for hydroxylation is 1. The maximum atomic E-state index is 3.53. The van der Waals surface area contributed by atoms with E-state index in [2.05, 4.69) is 50.5 Å². The number of hydrogen-bond acceptors (Lipinski definition) is 2. The molecular weight excluding hydrogens is 238 g/mol. The Kier molecular flexibility index (Phi) is 2.95. The molecule has 1 heterocycles. The summed E-state index contributed by atoms with van der Waals surface area (Å²) in [5, 5.41) is 5.01. The molecule has 18 heavy (non-hydrogen) atoms. The van der Waals surface area contributed by atoms with Gasteiger partial charge in [0.15, 0.2) is 0 Å². The molecule has 0 saturated carbocycles. The van der Waals surface area contributed by atoms with Crippen LogP contribution in [0.15, 0.2) is 24.3 Å². The molecular formula is C16H21NS. The molecule has 3 rings (SSSR count). The number of rotatable bonds is 1. The van der Waals surface area contributed by atoms with Crippen LogP contribution in [0.3, 0.4) is 0 Å². The summed E-state index contributed by atoms with van der Waals surface area (Å²) in [6.07, 6.45) is 3.76. The Morgan fingerprint density at radius 1 is 1.28 bits per heavy atom. The van der Waals surface area contributed by atoms with Gasteiger partial charge >= 0.3 is 0 Å². The first-order valence-corrected chi connectivity index (χ1v) is 7.60. The zero-order valence-corrected chi connectivity index (χ0v) is 12.2. The third-order valence-corrected chi connectivity index (χ3v) is 5.53. The lowest BCUT2D eigenvalue weighted by atomic mass is 9.83. The van der Waals surface area contributed by atoms with E-state index in [1.807, 2.05) is 11.3 Å². The van der Waals surface area contributed by atoms with Gasteiger partial charge in [-0.1, -0.05) is 32.0 Å². The lowest BCUT2D eigenvalue weighted by molar-refractivity contribution is 0.280. The zero-order valence-electron chi connectivity index (χ0n) is 11.4. The fourth-order valence-corrected chi connectivity index (χ4v) is 4.46. The number of benzene rings is 1. The summed E-state index contributed by atoms with van der Waals surface area (Å²) in [5.41, 5.74) is 2.04. The van der Waals surface area contributed by atoms with Crippen molar-refractivity contribution in [2.75, 3.05) is 7.05 Å². The van der Waals surface area contributed by atoms with Crippen LogP contribution in [-0.4, -0.2) is 7.05 Å². The van der Waals surface area contributed by atoms with Crippen LogP contribution >= 0.6 is 11.3 Å². The highest BCUT2D eigenvalue weighted by molar-refractivity contribution is 7.19. The highest BCUT2D eigenvalue weighted by Gasteiger charge is 2.30. The molecule has 1 atom stereocenters. The van der Waals surface area contributed by atoms with Gasteiger partial charge in [-0.2, -0.15) is 0 Å². The molecule has 0 saturated heterocycles. The minimum absolute atomic E-state index is 0.438. The SMILES string of the molecule is CNC1CC(C)(C)CCc2c1sc1ccccc21. The minimum atomic E-state index is 0.438. The van der Waals surface area contributed by atoms with Crippen molar-refractivity contribution < 1.29 is 0 Å².